The topological polar surface area (TPSA) is 123 Å². The van der Waals surface area contributed by atoms with Crippen molar-refractivity contribution < 1.29 is 18.7 Å². The van der Waals surface area contributed by atoms with Crippen molar-refractivity contribution in [2.45, 2.75) is 32.9 Å². The highest BCUT2D eigenvalue weighted by Gasteiger charge is 2.40. The van der Waals surface area contributed by atoms with Gasteiger partial charge in [0.15, 0.2) is 17.9 Å². The highest BCUT2D eigenvalue weighted by Crippen LogP contribution is 2.49. The van der Waals surface area contributed by atoms with Crippen molar-refractivity contribution in [2.75, 3.05) is 36.8 Å². The second-order valence-electron chi connectivity index (χ2n) is 10.9. The van der Waals surface area contributed by atoms with Crippen molar-refractivity contribution in [3.63, 3.8) is 0 Å². The Hall–Kier alpha value is -3.95. The number of amides is 1. The van der Waals surface area contributed by atoms with Crippen molar-refractivity contribution in [2.24, 2.45) is 0 Å². The summed E-state index contributed by atoms with van der Waals surface area (Å²) in [5.41, 5.74) is 7.98. The summed E-state index contributed by atoms with van der Waals surface area (Å²) in [4.78, 5) is 26.6. The number of nitrogens with two attached hydrogens (primary N) is 1. The second kappa shape index (κ2) is 12.4. The zero-order chi connectivity index (χ0) is 32.9. The predicted molar refractivity (Wildman–Crippen MR) is 171 cm³/mol. The maximum atomic E-state index is 14.8. The molecule has 234 valence electrons. The van der Waals surface area contributed by atoms with Gasteiger partial charge in [0.1, 0.15) is 22.5 Å². The number of aliphatic hydroxyl groups excluding tert-OH is 1. The highest BCUT2D eigenvalue weighted by molar-refractivity contribution is 6.40. The Morgan fingerprint density at radius 3 is 2.44 bits per heavy atom. The van der Waals surface area contributed by atoms with E-state index in [0.717, 1.165) is 5.56 Å². The molecule has 1 aromatic carbocycles. The lowest BCUT2D eigenvalue weighted by molar-refractivity contribution is -0.127. The molecule has 1 saturated heterocycles. The summed E-state index contributed by atoms with van der Waals surface area (Å²) in [7, 11) is 0. The molecule has 9 nitrogen and oxygen atoms in total. The fourth-order valence-corrected chi connectivity index (χ4v) is 6.37. The van der Waals surface area contributed by atoms with Gasteiger partial charge in [0, 0.05) is 43.5 Å². The van der Waals surface area contributed by atoms with Crippen LogP contribution in [0.15, 0.2) is 36.6 Å². The summed E-state index contributed by atoms with van der Waals surface area (Å²) in [5.74, 6) is -3.04. The quantitative estimate of drug-likeness (QED) is 0.137. The minimum Gasteiger partial charge on any atom is -0.397 e. The first-order valence-electron chi connectivity index (χ1n) is 13.9. The number of pyridine rings is 2. The van der Waals surface area contributed by atoms with Gasteiger partial charge >= 0.3 is 0 Å². The Kier molecular flexibility index (Phi) is 8.97. The van der Waals surface area contributed by atoms with Gasteiger partial charge in [-0.05, 0) is 36.6 Å². The summed E-state index contributed by atoms with van der Waals surface area (Å²) in [5, 5.41) is 21.0. The monoisotopic (exact) mass is 673 g/mol. The van der Waals surface area contributed by atoms with Crippen LogP contribution >= 0.6 is 34.8 Å². The summed E-state index contributed by atoms with van der Waals surface area (Å²) in [6, 6.07) is 5.44. The Morgan fingerprint density at radius 1 is 1.20 bits per heavy atom. The van der Waals surface area contributed by atoms with Crippen molar-refractivity contribution in [1.82, 2.24) is 19.8 Å². The molecule has 0 spiro atoms. The number of carbonyl (C=O) groups excluding carboxylic acids is 1. The number of anilines is 3. The van der Waals surface area contributed by atoms with Crippen LogP contribution in [-0.4, -0.2) is 63.2 Å². The minimum absolute atomic E-state index is 0.0167. The van der Waals surface area contributed by atoms with E-state index in [0.29, 0.717) is 48.8 Å². The second-order valence-corrected chi connectivity index (χ2v) is 12.0. The molecular weight excluding hydrogens is 647 g/mol. The van der Waals surface area contributed by atoms with Crippen LogP contribution in [0.2, 0.25) is 15.1 Å². The van der Waals surface area contributed by atoms with E-state index in [4.69, 9.17) is 45.5 Å². The summed E-state index contributed by atoms with van der Waals surface area (Å²) < 4.78 is 29.3. The molecule has 1 atom stereocenters. The third-order valence-electron chi connectivity index (χ3n) is 7.88. The molecule has 5 rings (SSSR count). The number of aliphatic hydroxyl groups is 1. The molecule has 14 heteroatoms. The molecular formula is C31H28Cl3F2N7O2. The van der Waals surface area contributed by atoms with E-state index in [2.05, 4.69) is 17.6 Å². The van der Waals surface area contributed by atoms with Crippen LogP contribution in [0.1, 0.15) is 36.6 Å². The normalized spacial score (nSPS) is 16.6. The first kappa shape index (κ1) is 32.4. The summed E-state index contributed by atoms with van der Waals surface area (Å²) >= 11 is 19.1. The number of hydrogen-bond acceptors (Lipinski definition) is 8. The van der Waals surface area contributed by atoms with E-state index < -0.39 is 27.9 Å². The summed E-state index contributed by atoms with van der Waals surface area (Å²) in [6.45, 7) is 10.6. The number of halogens is 5. The van der Waals surface area contributed by atoms with Crippen LogP contribution in [0.5, 0.6) is 0 Å². The zero-order valence-corrected chi connectivity index (χ0v) is 26.8. The fourth-order valence-electron chi connectivity index (χ4n) is 5.67. The van der Waals surface area contributed by atoms with E-state index in [9.17, 15) is 23.9 Å². The van der Waals surface area contributed by atoms with Crippen LogP contribution < -0.4 is 10.6 Å². The van der Waals surface area contributed by atoms with Gasteiger partial charge in [-0.25, -0.2) is 13.8 Å². The van der Waals surface area contributed by atoms with Gasteiger partial charge in [-0.3, -0.25) is 14.7 Å². The van der Waals surface area contributed by atoms with Crippen LogP contribution in [0, 0.1) is 29.9 Å². The third-order valence-corrected chi connectivity index (χ3v) is 8.89. The average molecular weight is 675 g/mol. The van der Waals surface area contributed by atoms with E-state index in [1.807, 2.05) is 25.7 Å². The molecule has 1 fully saturated rings. The van der Waals surface area contributed by atoms with E-state index >= 15 is 0 Å². The highest BCUT2D eigenvalue weighted by atomic mass is 35.5. The predicted octanol–water partition coefficient (Wildman–Crippen LogP) is 6.43. The molecule has 2 aliphatic heterocycles. The molecule has 0 radical (unpaired) electrons. The van der Waals surface area contributed by atoms with Crippen LogP contribution in [0.3, 0.4) is 0 Å². The maximum Gasteiger partial charge on any atom is 0.246 e. The van der Waals surface area contributed by atoms with E-state index in [1.165, 1.54) is 17.0 Å². The van der Waals surface area contributed by atoms with E-state index in [-0.39, 0.29) is 45.2 Å². The molecule has 45 heavy (non-hydrogen) atoms. The van der Waals surface area contributed by atoms with Gasteiger partial charge < -0.3 is 20.6 Å². The van der Waals surface area contributed by atoms with Gasteiger partial charge in [0.25, 0.3) is 0 Å². The minimum atomic E-state index is -1.55. The molecule has 0 saturated carbocycles. The first-order valence-corrected chi connectivity index (χ1v) is 15.0. The Labute approximate surface area is 273 Å². The van der Waals surface area contributed by atoms with Crippen molar-refractivity contribution in [3.8, 4) is 17.3 Å². The molecule has 3 aromatic rings. The number of aryl methyl sites for hydroxylation is 1. The van der Waals surface area contributed by atoms with Crippen LogP contribution in [0.4, 0.5) is 26.0 Å². The van der Waals surface area contributed by atoms with Crippen molar-refractivity contribution >= 4 is 63.6 Å². The molecule has 4 heterocycles. The smallest absolute Gasteiger partial charge is 0.246 e. The molecule has 2 aliphatic rings. The number of benzene rings is 1. The number of piperazine rings is 1. The van der Waals surface area contributed by atoms with Gasteiger partial charge in [-0.2, -0.15) is 5.26 Å². The number of rotatable bonds is 5. The standard InChI is InChI=1S/C31H28Cl3F2N7O2/c1-5-19(44)41-8-10-42(11-9-41)29-16-12-18(32)27(20-21(33)23(35)24(36)22(34)25(20)38)40-30(16)43(31(45)17(29)13-37)28-15(4)6-7-39-26(28)14(2)3/h5-7,12,14,31,45H,1,8-11,38H2,2-4H3. The lowest BCUT2D eigenvalue weighted by Gasteiger charge is -2.43. The number of nitrogens with zero attached hydrogens (tertiary/aromatic N) is 6. The lowest BCUT2D eigenvalue weighted by atomic mass is 9.94. The number of nitrogen functional groups attached to an aromatic ring is 1. The van der Waals surface area contributed by atoms with Crippen molar-refractivity contribution in [1.29, 1.82) is 5.26 Å². The lowest BCUT2D eigenvalue weighted by Crippen LogP contribution is -2.49. The number of hydrogen-bond donors (Lipinski definition) is 2. The van der Waals surface area contributed by atoms with Gasteiger partial charge in [0.2, 0.25) is 5.91 Å². The zero-order valence-electron chi connectivity index (χ0n) is 24.5. The largest absolute Gasteiger partial charge is 0.397 e. The molecule has 1 amide bonds. The summed E-state index contributed by atoms with van der Waals surface area (Å²) in [6.07, 6.45) is 1.34. The van der Waals surface area contributed by atoms with Gasteiger partial charge in [-0.1, -0.05) is 55.2 Å². The number of aromatic nitrogens is 2. The Morgan fingerprint density at radius 2 is 1.84 bits per heavy atom. The fraction of sp³-hybridized carbons (Fsp3) is 0.290. The maximum absolute atomic E-state index is 14.8. The third kappa shape index (κ3) is 5.36. The molecule has 1 unspecified atom stereocenters. The first-order chi connectivity index (χ1) is 21.3. The molecule has 0 bridgehead atoms. The SMILES string of the molecule is C=CC(=O)N1CCN(C2=C(C#N)C(O)N(c3c(C)ccnc3C(C)C)c3nc(-c4c(N)c(Cl)c(F)c(F)c4Cl)c(Cl)cc32)CC1. The molecule has 3 N–H and O–H groups in total. The number of nitriles is 1. The van der Waals surface area contributed by atoms with Gasteiger partial charge in [0.05, 0.1) is 38.5 Å². The van der Waals surface area contributed by atoms with Crippen molar-refractivity contribution in [3.05, 3.63) is 80.1 Å². The number of fused-ring (bicyclic) bond motifs is 1. The van der Waals surface area contributed by atoms with Crippen LogP contribution in [0.25, 0.3) is 17.0 Å². The number of carbonyl (C=O) groups is 1. The molecule has 0 aliphatic carbocycles. The molecule has 2 aromatic heterocycles. The average Bonchev–Trinajstić information content (AvgIpc) is 3.02. The Bertz CT molecular complexity index is 1790. The Balaban J connectivity index is 1.82. The van der Waals surface area contributed by atoms with Gasteiger partial charge in [-0.15, -0.1) is 0 Å². The van der Waals surface area contributed by atoms with E-state index in [1.54, 1.807) is 17.2 Å². The van der Waals surface area contributed by atoms with Crippen LogP contribution in [-0.2, 0) is 4.79 Å².